The van der Waals surface area contributed by atoms with E-state index in [-0.39, 0.29) is 5.91 Å². The van der Waals surface area contributed by atoms with E-state index in [1.807, 2.05) is 26.0 Å². The number of aryl methyl sites for hydroxylation is 4. The summed E-state index contributed by atoms with van der Waals surface area (Å²) in [6.45, 7) is 5.97. The van der Waals surface area contributed by atoms with E-state index in [1.54, 1.807) is 0 Å². The summed E-state index contributed by atoms with van der Waals surface area (Å²) in [5.41, 5.74) is 11.8. The highest BCUT2D eigenvalue weighted by Crippen LogP contribution is 2.23. The van der Waals surface area contributed by atoms with Crippen molar-refractivity contribution in [2.24, 2.45) is 0 Å². The second-order valence-corrected chi connectivity index (χ2v) is 5.56. The zero-order chi connectivity index (χ0) is 15.4. The summed E-state index contributed by atoms with van der Waals surface area (Å²) < 4.78 is 0. The maximum absolute atomic E-state index is 12.1. The fourth-order valence-electron chi connectivity index (χ4n) is 2.41. The van der Waals surface area contributed by atoms with Gasteiger partial charge < -0.3 is 11.1 Å². The Hall–Kier alpha value is -2.29. The lowest BCUT2D eigenvalue weighted by atomic mass is 10.1. The van der Waals surface area contributed by atoms with Gasteiger partial charge in [0.05, 0.1) is 0 Å². The van der Waals surface area contributed by atoms with Crippen molar-refractivity contribution in [3.05, 3.63) is 58.7 Å². The molecule has 0 heterocycles. The number of nitrogen functional groups attached to an aromatic ring is 1. The van der Waals surface area contributed by atoms with Crippen molar-refractivity contribution < 1.29 is 4.79 Å². The van der Waals surface area contributed by atoms with Gasteiger partial charge >= 0.3 is 0 Å². The topological polar surface area (TPSA) is 55.1 Å². The van der Waals surface area contributed by atoms with E-state index in [4.69, 9.17) is 5.73 Å². The molecule has 0 aliphatic carbocycles. The number of nitrogens with one attached hydrogen (secondary N) is 1. The van der Waals surface area contributed by atoms with E-state index in [2.05, 4.69) is 36.5 Å². The van der Waals surface area contributed by atoms with Gasteiger partial charge in [0.15, 0.2) is 0 Å². The van der Waals surface area contributed by atoms with Gasteiger partial charge in [-0.3, -0.25) is 4.79 Å². The first kappa shape index (κ1) is 15.1. The van der Waals surface area contributed by atoms with Crippen LogP contribution in [0.5, 0.6) is 0 Å². The third-order valence-electron chi connectivity index (χ3n) is 3.58. The van der Waals surface area contributed by atoms with Crippen molar-refractivity contribution in [1.82, 2.24) is 0 Å². The molecule has 0 aromatic heterocycles. The van der Waals surface area contributed by atoms with E-state index in [0.717, 1.165) is 28.9 Å². The molecule has 3 nitrogen and oxygen atoms in total. The number of carbonyl (C=O) groups excluding carboxylic acids is 1. The average Bonchev–Trinajstić information content (AvgIpc) is 2.42. The van der Waals surface area contributed by atoms with Crippen molar-refractivity contribution in [3.8, 4) is 0 Å². The van der Waals surface area contributed by atoms with Crippen LogP contribution in [0.15, 0.2) is 36.4 Å². The van der Waals surface area contributed by atoms with Crippen LogP contribution >= 0.6 is 0 Å². The lowest BCUT2D eigenvalue weighted by Crippen LogP contribution is -2.14. The van der Waals surface area contributed by atoms with Gasteiger partial charge in [-0.1, -0.05) is 29.8 Å². The van der Waals surface area contributed by atoms with Crippen molar-refractivity contribution in [1.29, 1.82) is 0 Å². The molecule has 2 rings (SSSR count). The Labute approximate surface area is 126 Å². The Balaban J connectivity index is 1.97. The molecule has 2 aromatic carbocycles. The molecule has 0 aliphatic heterocycles. The van der Waals surface area contributed by atoms with E-state index in [9.17, 15) is 4.79 Å². The predicted octanol–water partition coefficient (Wildman–Crippen LogP) is 3.77. The standard InChI is InChI=1S/C18H22N2O/c1-12-4-6-15(7-5-12)8-9-17(21)20-18-13(2)10-16(19)11-14(18)3/h4-7,10-11H,8-9,19H2,1-3H3,(H,20,21). The lowest BCUT2D eigenvalue weighted by molar-refractivity contribution is -0.116. The predicted molar refractivity (Wildman–Crippen MR) is 88.5 cm³/mol. The first-order valence-electron chi connectivity index (χ1n) is 7.18. The minimum atomic E-state index is 0.0338. The fraction of sp³-hybridized carbons (Fsp3) is 0.278. The van der Waals surface area contributed by atoms with Crippen LogP contribution in [0.1, 0.15) is 28.7 Å². The second kappa shape index (κ2) is 6.44. The first-order chi connectivity index (χ1) is 9.95. The maximum Gasteiger partial charge on any atom is 0.224 e. The number of hydrogen-bond acceptors (Lipinski definition) is 2. The number of carbonyl (C=O) groups is 1. The van der Waals surface area contributed by atoms with Crippen LogP contribution in [0.25, 0.3) is 0 Å². The largest absolute Gasteiger partial charge is 0.399 e. The lowest BCUT2D eigenvalue weighted by Gasteiger charge is -2.12. The van der Waals surface area contributed by atoms with Crippen LogP contribution in [0.3, 0.4) is 0 Å². The van der Waals surface area contributed by atoms with Crippen LogP contribution in [0.2, 0.25) is 0 Å². The zero-order valence-corrected chi connectivity index (χ0v) is 12.9. The van der Waals surface area contributed by atoms with Gasteiger partial charge in [0.1, 0.15) is 0 Å². The molecule has 0 fully saturated rings. The van der Waals surface area contributed by atoms with Crippen molar-refractivity contribution in [2.75, 3.05) is 11.1 Å². The Kier molecular flexibility index (Phi) is 4.63. The molecule has 1 amide bonds. The average molecular weight is 282 g/mol. The van der Waals surface area contributed by atoms with Crippen LogP contribution in [0, 0.1) is 20.8 Å². The van der Waals surface area contributed by atoms with Crippen LogP contribution in [0.4, 0.5) is 11.4 Å². The highest BCUT2D eigenvalue weighted by molar-refractivity contribution is 5.92. The molecule has 0 unspecified atom stereocenters. The summed E-state index contributed by atoms with van der Waals surface area (Å²) in [5, 5.41) is 2.99. The molecular formula is C18H22N2O. The van der Waals surface area contributed by atoms with Crippen molar-refractivity contribution >= 4 is 17.3 Å². The molecule has 0 saturated heterocycles. The van der Waals surface area contributed by atoms with E-state index in [0.29, 0.717) is 6.42 Å². The number of hydrogen-bond donors (Lipinski definition) is 2. The molecule has 0 spiro atoms. The molecule has 21 heavy (non-hydrogen) atoms. The third-order valence-corrected chi connectivity index (χ3v) is 3.58. The monoisotopic (exact) mass is 282 g/mol. The van der Waals surface area contributed by atoms with Crippen molar-refractivity contribution in [2.45, 2.75) is 33.6 Å². The molecular weight excluding hydrogens is 260 g/mol. The summed E-state index contributed by atoms with van der Waals surface area (Å²) in [7, 11) is 0. The molecule has 0 aliphatic rings. The quantitative estimate of drug-likeness (QED) is 0.839. The summed E-state index contributed by atoms with van der Waals surface area (Å²) in [4.78, 5) is 12.1. The van der Waals surface area contributed by atoms with E-state index >= 15 is 0 Å². The minimum Gasteiger partial charge on any atom is -0.399 e. The Bertz CT molecular complexity index is 622. The van der Waals surface area contributed by atoms with Gasteiger partial charge in [0.25, 0.3) is 0 Å². The van der Waals surface area contributed by atoms with E-state index in [1.165, 1.54) is 11.1 Å². The minimum absolute atomic E-state index is 0.0338. The van der Waals surface area contributed by atoms with E-state index < -0.39 is 0 Å². The van der Waals surface area contributed by atoms with Crippen LogP contribution in [-0.4, -0.2) is 5.91 Å². The van der Waals surface area contributed by atoms with Crippen LogP contribution in [-0.2, 0) is 11.2 Å². The molecule has 2 aromatic rings. The first-order valence-corrected chi connectivity index (χ1v) is 7.18. The summed E-state index contributed by atoms with van der Waals surface area (Å²) in [6, 6.07) is 12.0. The van der Waals surface area contributed by atoms with Crippen molar-refractivity contribution in [3.63, 3.8) is 0 Å². The summed E-state index contributed by atoms with van der Waals surface area (Å²) >= 11 is 0. The Morgan fingerprint density at radius 3 is 2.19 bits per heavy atom. The smallest absolute Gasteiger partial charge is 0.224 e. The molecule has 0 bridgehead atoms. The normalized spacial score (nSPS) is 10.4. The molecule has 0 radical (unpaired) electrons. The van der Waals surface area contributed by atoms with Gasteiger partial charge in [-0.2, -0.15) is 0 Å². The van der Waals surface area contributed by atoms with Gasteiger partial charge in [0, 0.05) is 17.8 Å². The highest BCUT2D eigenvalue weighted by Gasteiger charge is 2.08. The van der Waals surface area contributed by atoms with Gasteiger partial charge in [-0.15, -0.1) is 0 Å². The molecule has 110 valence electrons. The number of rotatable bonds is 4. The third kappa shape index (κ3) is 4.09. The SMILES string of the molecule is Cc1ccc(CCC(=O)Nc2c(C)cc(N)cc2C)cc1. The van der Waals surface area contributed by atoms with Gasteiger partial charge in [-0.05, 0) is 56.0 Å². The second-order valence-electron chi connectivity index (χ2n) is 5.56. The van der Waals surface area contributed by atoms with Gasteiger partial charge in [-0.25, -0.2) is 0 Å². The summed E-state index contributed by atoms with van der Waals surface area (Å²) in [6.07, 6.45) is 1.23. The van der Waals surface area contributed by atoms with Crippen LogP contribution < -0.4 is 11.1 Å². The number of amides is 1. The zero-order valence-electron chi connectivity index (χ0n) is 12.9. The maximum atomic E-state index is 12.1. The highest BCUT2D eigenvalue weighted by atomic mass is 16.1. The molecule has 3 heteroatoms. The fourth-order valence-corrected chi connectivity index (χ4v) is 2.41. The Morgan fingerprint density at radius 2 is 1.62 bits per heavy atom. The van der Waals surface area contributed by atoms with Gasteiger partial charge in [0.2, 0.25) is 5.91 Å². The molecule has 0 saturated carbocycles. The Morgan fingerprint density at radius 1 is 1.05 bits per heavy atom. The molecule has 0 atom stereocenters. The number of benzene rings is 2. The number of nitrogens with two attached hydrogens (primary N) is 1. The molecule has 3 N–H and O–H groups in total. The summed E-state index contributed by atoms with van der Waals surface area (Å²) in [5.74, 6) is 0.0338. The number of anilines is 2.